The molecule has 3 amide bonds. The molecule has 0 unspecified atom stereocenters. The maximum atomic E-state index is 14.3. The second-order valence-corrected chi connectivity index (χ2v) is 14.0. The van der Waals surface area contributed by atoms with Gasteiger partial charge in [0.1, 0.15) is 18.7 Å². The van der Waals surface area contributed by atoms with Crippen molar-refractivity contribution in [1.82, 2.24) is 19.6 Å². The van der Waals surface area contributed by atoms with E-state index in [4.69, 9.17) is 4.74 Å². The highest BCUT2D eigenvalue weighted by molar-refractivity contribution is 5.98. The summed E-state index contributed by atoms with van der Waals surface area (Å²) < 4.78 is 5.53. The lowest BCUT2D eigenvalue weighted by Crippen LogP contribution is -2.74. The number of rotatable bonds is 11. The predicted octanol–water partition coefficient (Wildman–Crippen LogP) is 6.00. The summed E-state index contributed by atoms with van der Waals surface area (Å²) in [5.41, 5.74) is 1.94. The van der Waals surface area contributed by atoms with Crippen molar-refractivity contribution in [2.75, 3.05) is 39.3 Å². The highest BCUT2D eigenvalue weighted by atomic mass is 16.6. The molecule has 0 bridgehead atoms. The first kappa shape index (κ1) is 32.3. The molecule has 2 aromatic rings. The third-order valence-electron chi connectivity index (χ3n) is 10.4. The minimum atomic E-state index is -0.733. The van der Waals surface area contributed by atoms with Gasteiger partial charge in [0.15, 0.2) is 0 Å². The van der Waals surface area contributed by atoms with E-state index >= 15 is 0 Å². The summed E-state index contributed by atoms with van der Waals surface area (Å²) >= 11 is 0. The van der Waals surface area contributed by atoms with Crippen LogP contribution >= 0.6 is 0 Å². The van der Waals surface area contributed by atoms with E-state index in [2.05, 4.69) is 18.7 Å². The van der Waals surface area contributed by atoms with Crippen LogP contribution in [0.3, 0.4) is 0 Å². The Labute approximate surface area is 274 Å². The van der Waals surface area contributed by atoms with Crippen molar-refractivity contribution in [3.63, 3.8) is 0 Å². The molecule has 6 rings (SSSR count). The molecule has 4 heterocycles. The van der Waals surface area contributed by atoms with Gasteiger partial charge in [-0.3, -0.25) is 14.5 Å². The van der Waals surface area contributed by atoms with Gasteiger partial charge < -0.3 is 19.4 Å². The number of carbonyl (C=O) groups excluding carboxylic acids is 3. The van der Waals surface area contributed by atoms with Crippen LogP contribution in [0.15, 0.2) is 66.7 Å². The van der Waals surface area contributed by atoms with Crippen LogP contribution in [-0.4, -0.2) is 95.0 Å². The van der Waals surface area contributed by atoms with Crippen molar-refractivity contribution < 1.29 is 19.1 Å². The number of likely N-dealkylation sites (tertiary alicyclic amines) is 3. The molecule has 0 spiro atoms. The molecular weight excluding hydrogens is 576 g/mol. The van der Waals surface area contributed by atoms with Crippen molar-refractivity contribution in [1.29, 1.82) is 0 Å². The van der Waals surface area contributed by atoms with Gasteiger partial charge in [-0.05, 0) is 81.1 Å². The van der Waals surface area contributed by atoms with Crippen LogP contribution in [-0.2, 0) is 14.3 Å². The topological polar surface area (TPSA) is 73.4 Å². The Balaban J connectivity index is 1.20. The number of nitrogens with zero attached hydrogens (tertiary/aromatic N) is 4. The number of hydrogen-bond acceptors (Lipinski definition) is 5. The number of amides is 3. The molecule has 4 aliphatic heterocycles. The monoisotopic (exact) mass is 626 g/mol. The summed E-state index contributed by atoms with van der Waals surface area (Å²) in [6.07, 6.45) is 11.3. The Morgan fingerprint density at radius 2 is 1.59 bits per heavy atom. The van der Waals surface area contributed by atoms with Gasteiger partial charge in [-0.1, -0.05) is 93.1 Å². The molecule has 0 radical (unpaired) electrons. The molecule has 4 atom stereocenters. The largest absolute Gasteiger partial charge is 0.447 e. The number of ether oxygens (including phenoxy) is 1. The van der Waals surface area contributed by atoms with E-state index in [0.717, 1.165) is 43.6 Å². The van der Waals surface area contributed by atoms with Crippen LogP contribution in [0.2, 0.25) is 0 Å². The lowest BCUT2D eigenvalue weighted by Gasteiger charge is -2.53. The highest BCUT2D eigenvalue weighted by Gasteiger charge is 2.58. The quantitative estimate of drug-likeness (QED) is 0.286. The van der Waals surface area contributed by atoms with E-state index in [0.29, 0.717) is 12.3 Å². The van der Waals surface area contributed by atoms with Gasteiger partial charge in [0.2, 0.25) is 11.8 Å². The normalized spacial score (nSPS) is 25.3. The van der Waals surface area contributed by atoms with Crippen molar-refractivity contribution in [3.8, 4) is 0 Å². The molecule has 4 fully saturated rings. The molecule has 0 saturated carbocycles. The Hall–Kier alpha value is -3.65. The van der Waals surface area contributed by atoms with Crippen molar-refractivity contribution in [2.45, 2.75) is 83.0 Å². The van der Waals surface area contributed by atoms with Gasteiger partial charge in [0.25, 0.3) is 0 Å². The lowest BCUT2D eigenvalue weighted by atomic mass is 9.85. The van der Waals surface area contributed by atoms with E-state index in [9.17, 15) is 14.4 Å². The fraction of sp³-hybridized carbons (Fsp3) is 0.553. The second kappa shape index (κ2) is 14.8. The molecule has 0 aromatic heterocycles. The average molecular weight is 627 g/mol. The van der Waals surface area contributed by atoms with Crippen LogP contribution in [0, 0.1) is 11.8 Å². The van der Waals surface area contributed by atoms with Gasteiger partial charge in [-0.25, -0.2) is 4.79 Å². The third kappa shape index (κ3) is 7.17. The van der Waals surface area contributed by atoms with Crippen LogP contribution < -0.4 is 0 Å². The van der Waals surface area contributed by atoms with E-state index in [-0.39, 0.29) is 30.4 Å². The zero-order valence-electron chi connectivity index (χ0n) is 27.5. The summed E-state index contributed by atoms with van der Waals surface area (Å²) in [7, 11) is 0. The average Bonchev–Trinajstić information content (AvgIpc) is 3.46. The molecule has 46 heavy (non-hydrogen) atoms. The molecule has 0 aliphatic carbocycles. The van der Waals surface area contributed by atoms with Crippen LogP contribution in [0.1, 0.15) is 76.0 Å². The fourth-order valence-corrected chi connectivity index (χ4v) is 7.79. The Bertz CT molecular complexity index is 1350. The molecule has 246 valence electrons. The van der Waals surface area contributed by atoms with Crippen LogP contribution in [0.5, 0.6) is 0 Å². The van der Waals surface area contributed by atoms with Crippen molar-refractivity contribution in [2.24, 2.45) is 11.8 Å². The lowest BCUT2D eigenvalue weighted by molar-refractivity contribution is -0.166. The second-order valence-electron chi connectivity index (χ2n) is 14.0. The molecule has 8 nitrogen and oxygen atoms in total. The summed E-state index contributed by atoms with van der Waals surface area (Å²) in [6, 6.07) is 17.6. The SMILES string of the molecule is CC(C)C[C@@H](C(=O)N1CCC(CCN2CCCCC2)CC1)N1C(=O)[C@@H](N2C(=O)OC[C@@H]2c2ccccc2)[C@H]1/C=C/c1ccccc1. The zero-order chi connectivity index (χ0) is 32.0. The van der Waals surface area contributed by atoms with E-state index in [1.807, 2.05) is 77.7 Å². The molecule has 2 aromatic carbocycles. The Kier molecular flexibility index (Phi) is 10.4. The summed E-state index contributed by atoms with van der Waals surface area (Å²) in [4.78, 5) is 49.8. The summed E-state index contributed by atoms with van der Waals surface area (Å²) in [5, 5.41) is 0. The van der Waals surface area contributed by atoms with E-state index < -0.39 is 24.2 Å². The van der Waals surface area contributed by atoms with Crippen LogP contribution in [0.25, 0.3) is 6.08 Å². The number of benzene rings is 2. The molecule has 4 saturated heterocycles. The summed E-state index contributed by atoms with van der Waals surface area (Å²) in [6.45, 7) is 9.49. The maximum Gasteiger partial charge on any atom is 0.411 e. The molecule has 8 heteroatoms. The standard InChI is InChI=1S/C38H50N4O4/c1-28(2)26-33(36(43)40-24-19-30(20-25-40)18-23-39-21-10-5-11-22-39)41-32(17-16-29-12-6-3-7-13-29)35(37(41)44)42-34(27-46-38(42)45)31-14-8-4-9-15-31/h3-4,6-9,12-17,28,30,32-35H,5,10-11,18-27H2,1-2H3/b17-16+/t32-,33+,34-,35+/m1/s1. The molecule has 0 N–H and O–H groups in total. The number of β-lactam (4-membered cyclic amide) rings is 1. The highest BCUT2D eigenvalue weighted by Crippen LogP contribution is 2.39. The number of hydrogen-bond donors (Lipinski definition) is 0. The zero-order valence-corrected chi connectivity index (χ0v) is 27.5. The van der Waals surface area contributed by atoms with Crippen molar-refractivity contribution >= 4 is 24.0 Å². The Morgan fingerprint density at radius 3 is 2.26 bits per heavy atom. The van der Waals surface area contributed by atoms with Crippen LogP contribution in [0.4, 0.5) is 4.79 Å². The first-order valence-corrected chi connectivity index (χ1v) is 17.5. The minimum absolute atomic E-state index is 0.0386. The summed E-state index contributed by atoms with van der Waals surface area (Å²) in [5.74, 6) is 0.715. The molecule has 4 aliphatic rings. The maximum absolute atomic E-state index is 14.3. The predicted molar refractivity (Wildman–Crippen MR) is 180 cm³/mol. The first-order valence-electron chi connectivity index (χ1n) is 17.5. The van der Waals surface area contributed by atoms with Gasteiger partial charge >= 0.3 is 6.09 Å². The smallest absolute Gasteiger partial charge is 0.411 e. The number of carbonyl (C=O) groups is 3. The van der Waals surface area contributed by atoms with Gasteiger partial charge in [-0.15, -0.1) is 0 Å². The van der Waals surface area contributed by atoms with Gasteiger partial charge in [-0.2, -0.15) is 0 Å². The fourth-order valence-electron chi connectivity index (χ4n) is 7.79. The number of cyclic esters (lactones) is 1. The first-order chi connectivity index (χ1) is 22.4. The minimum Gasteiger partial charge on any atom is -0.447 e. The van der Waals surface area contributed by atoms with E-state index in [1.54, 1.807) is 9.80 Å². The van der Waals surface area contributed by atoms with Crippen molar-refractivity contribution in [3.05, 3.63) is 77.9 Å². The Morgan fingerprint density at radius 1 is 0.913 bits per heavy atom. The van der Waals surface area contributed by atoms with Gasteiger partial charge in [0.05, 0.1) is 12.1 Å². The van der Waals surface area contributed by atoms with E-state index in [1.165, 1.54) is 38.8 Å². The third-order valence-corrected chi connectivity index (χ3v) is 10.4. The van der Waals surface area contributed by atoms with Gasteiger partial charge in [0, 0.05) is 13.1 Å². The molecular formula is C38H50N4O4. The number of piperidine rings is 2.